The molecule has 0 saturated heterocycles. The molecule has 1 heterocycles. The van der Waals surface area contributed by atoms with E-state index in [-0.39, 0.29) is 29.8 Å². The van der Waals surface area contributed by atoms with Crippen molar-refractivity contribution in [2.24, 2.45) is 4.99 Å². The van der Waals surface area contributed by atoms with Crippen LogP contribution in [0.4, 0.5) is 4.39 Å². The second-order valence-electron chi connectivity index (χ2n) is 5.30. The highest BCUT2D eigenvalue weighted by atomic mass is 127. The van der Waals surface area contributed by atoms with E-state index < -0.39 is 0 Å². The van der Waals surface area contributed by atoms with Gasteiger partial charge in [-0.2, -0.15) is 11.8 Å². The molecule has 142 valence electrons. The summed E-state index contributed by atoms with van der Waals surface area (Å²) >= 11 is 1.67. The number of nitrogens with zero attached hydrogens (tertiary/aromatic N) is 2. The number of aromatic nitrogens is 1. The maximum atomic E-state index is 13.4. The molecule has 8 heteroatoms. The topological polar surface area (TPSA) is 58.5 Å². The quantitative estimate of drug-likeness (QED) is 0.353. The number of hydrogen-bond donors (Lipinski definition) is 2. The summed E-state index contributed by atoms with van der Waals surface area (Å²) in [4.78, 5) is 8.56. The molecule has 0 unspecified atom stereocenters. The minimum Gasteiger partial charge on any atom is -0.481 e. The summed E-state index contributed by atoms with van der Waals surface area (Å²) < 4.78 is 18.5. The number of nitrogens with one attached hydrogen (secondary N) is 2. The molecule has 2 aromatic rings. The highest BCUT2D eigenvalue weighted by Gasteiger charge is 2.06. The lowest BCUT2D eigenvalue weighted by molar-refractivity contribution is 0.396. The van der Waals surface area contributed by atoms with Gasteiger partial charge in [0.05, 0.1) is 19.3 Å². The Morgan fingerprint density at radius 3 is 2.65 bits per heavy atom. The minimum absolute atomic E-state index is 0. The van der Waals surface area contributed by atoms with Crippen molar-refractivity contribution in [1.82, 2.24) is 15.6 Å². The van der Waals surface area contributed by atoms with Crippen molar-refractivity contribution in [2.75, 3.05) is 20.4 Å². The zero-order valence-electron chi connectivity index (χ0n) is 15.1. The Bertz CT molecular complexity index is 730. The third-order valence-electron chi connectivity index (χ3n) is 3.57. The van der Waals surface area contributed by atoms with Gasteiger partial charge in [-0.1, -0.05) is 12.1 Å². The Morgan fingerprint density at radius 2 is 1.96 bits per heavy atom. The number of rotatable bonds is 7. The Kier molecular flexibility index (Phi) is 10.3. The summed E-state index contributed by atoms with van der Waals surface area (Å²) in [5.74, 6) is 1.80. The molecular weight excluding hydrogens is 466 g/mol. The maximum Gasteiger partial charge on any atom is 0.213 e. The van der Waals surface area contributed by atoms with E-state index in [1.165, 1.54) is 6.07 Å². The number of methoxy groups -OCH3 is 1. The summed E-state index contributed by atoms with van der Waals surface area (Å²) in [5.41, 5.74) is 2.90. The number of guanidine groups is 1. The summed E-state index contributed by atoms with van der Waals surface area (Å²) in [7, 11) is 3.30. The van der Waals surface area contributed by atoms with Crippen molar-refractivity contribution in [3.05, 3.63) is 59.0 Å². The van der Waals surface area contributed by atoms with E-state index in [0.29, 0.717) is 24.9 Å². The fourth-order valence-corrected chi connectivity index (χ4v) is 2.88. The largest absolute Gasteiger partial charge is 0.481 e. The Labute approximate surface area is 175 Å². The molecule has 0 bridgehead atoms. The lowest BCUT2D eigenvalue weighted by Gasteiger charge is -2.14. The molecule has 5 nitrogen and oxygen atoms in total. The number of aliphatic imine (C=N–C) groups is 1. The number of hydrogen-bond acceptors (Lipinski definition) is 4. The van der Waals surface area contributed by atoms with Crippen LogP contribution < -0.4 is 15.4 Å². The van der Waals surface area contributed by atoms with Crippen molar-refractivity contribution in [3.8, 4) is 5.88 Å². The van der Waals surface area contributed by atoms with Gasteiger partial charge in [-0.25, -0.2) is 9.37 Å². The molecule has 1 aromatic heterocycles. The van der Waals surface area contributed by atoms with Gasteiger partial charge in [-0.05, 0) is 35.6 Å². The van der Waals surface area contributed by atoms with Gasteiger partial charge >= 0.3 is 0 Å². The molecule has 1 aromatic carbocycles. The first kappa shape index (κ1) is 22.5. The highest BCUT2D eigenvalue weighted by molar-refractivity contribution is 14.0. The molecule has 0 aliphatic heterocycles. The Morgan fingerprint density at radius 1 is 1.19 bits per heavy atom. The van der Waals surface area contributed by atoms with Crippen molar-refractivity contribution in [1.29, 1.82) is 0 Å². The minimum atomic E-state index is -0.209. The molecule has 0 radical (unpaired) electrons. The smallest absolute Gasteiger partial charge is 0.213 e. The fraction of sp³-hybridized carbons (Fsp3) is 0.333. The molecule has 26 heavy (non-hydrogen) atoms. The predicted octanol–water partition coefficient (Wildman–Crippen LogP) is 3.58. The third kappa shape index (κ3) is 6.99. The van der Waals surface area contributed by atoms with Crippen LogP contribution >= 0.6 is 35.7 Å². The van der Waals surface area contributed by atoms with Crippen LogP contribution in [0.15, 0.2) is 41.4 Å². The summed E-state index contributed by atoms with van der Waals surface area (Å²) in [6.07, 6.45) is 2.00. The Hall–Kier alpha value is -1.55. The number of benzene rings is 1. The summed E-state index contributed by atoms with van der Waals surface area (Å²) in [5, 5.41) is 6.46. The van der Waals surface area contributed by atoms with Crippen molar-refractivity contribution >= 4 is 41.7 Å². The fourth-order valence-electron chi connectivity index (χ4n) is 2.30. The molecule has 0 aliphatic carbocycles. The van der Waals surface area contributed by atoms with Crippen LogP contribution in [0.3, 0.4) is 0 Å². The SMILES string of the molecule is CN=C(NCc1cccc(OC)n1)NCc1ccc(F)cc1CSC.I. The van der Waals surface area contributed by atoms with Crippen LogP contribution in [0.25, 0.3) is 0 Å². The molecule has 0 fully saturated rings. The molecule has 0 atom stereocenters. The van der Waals surface area contributed by atoms with E-state index in [1.807, 2.05) is 24.5 Å². The summed E-state index contributed by atoms with van der Waals surface area (Å²) in [6.45, 7) is 1.10. The second-order valence-corrected chi connectivity index (χ2v) is 6.16. The maximum absolute atomic E-state index is 13.4. The first-order chi connectivity index (χ1) is 12.2. The average molecular weight is 490 g/mol. The molecule has 0 aliphatic rings. The standard InChI is InChI=1S/C18H23FN4OS.HI/c1-20-18(22-11-16-5-4-6-17(23-16)24-2)21-10-13-7-8-15(19)9-14(13)12-25-3;/h4-9H,10-12H2,1-3H3,(H2,20,21,22);1H. The van der Waals surface area contributed by atoms with Crippen LogP contribution in [0.5, 0.6) is 5.88 Å². The summed E-state index contributed by atoms with van der Waals surface area (Å²) in [6, 6.07) is 10.5. The third-order valence-corrected chi connectivity index (χ3v) is 4.17. The van der Waals surface area contributed by atoms with Crippen LogP contribution in [-0.2, 0) is 18.8 Å². The van der Waals surface area contributed by atoms with Gasteiger partial charge in [-0.15, -0.1) is 24.0 Å². The lowest BCUT2D eigenvalue weighted by atomic mass is 10.1. The average Bonchev–Trinajstić information content (AvgIpc) is 2.63. The molecule has 0 amide bonds. The normalized spacial score (nSPS) is 10.8. The predicted molar refractivity (Wildman–Crippen MR) is 117 cm³/mol. The van der Waals surface area contributed by atoms with Gasteiger partial charge in [0.25, 0.3) is 0 Å². The van der Waals surface area contributed by atoms with E-state index in [9.17, 15) is 4.39 Å². The van der Waals surface area contributed by atoms with E-state index in [2.05, 4.69) is 20.6 Å². The van der Waals surface area contributed by atoms with E-state index >= 15 is 0 Å². The van der Waals surface area contributed by atoms with E-state index in [4.69, 9.17) is 4.74 Å². The molecule has 0 spiro atoms. The zero-order chi connectivity index (χ0) is 18.1. The number of ether oxygens (including phenoxy) is 1. The zero-order valence-corrected chi connectivity index (χ0v) is 18.2. The monoisotopic (exact) mass is 490 g/mol. The first-order valence-corrected chi connectivity index (χ1v) is 9.26. The van der Waals surface area contributed by atoms with Crippen molar-refractivity contribution < 1.29 is 9.13 Å². The molecular formula is C18H24FIN4OS. The number of pyridine rings is 1. The van der Waals surface area contributed by atoms with Gasteiger partial charge in [-0.3, -0.25) is 4.99 Å². The van der Waals surface area contributed by atoms with Crippen molar-refractivity contribution in [3.63, 3.8) is 0 Å². The van der Waals surface area contributed by atoms with Crippen LogP contribution in [0.1, 0.15) is 16.8 Å². The van der Waals surface area contributed by atoms with E-state index in [0.717, 1.165) is 22.6 Å². The number of halogens is 2. The highest BCUT2D eigenvalue weighted by Crippen LogP contribution is 2.16. The van der Waals surface area contributed by atoms with Crippen molar-refractivity contribution in [2.45, 2.75) is 18.8 Å². The van der Waals surface area contributed by atoms with Gasteiger partial charge < -0.3 is 15.4 Å². The van der Waals surface area contributed by atoms with Gasteiger partial charge in [0, 0.05) is 25.4 Å². The molecule has 2 N–H and O–H groups in total. The second kappa shape index (κ2) is 11.9. The lowest BCUT2D eigenvalue weighted by Crippen LogP contribution is -2.36. The molecule has 2 rings (SSSR count). The van der Waals surface area contributed by atoms with E-state index in [1.54, 1.807) is 38.1 Å². The molecule has 0 saturated carbocycles. The van der Waals surface area contributed by atoms with Gasteiger partial charge in [0.1, 0.15) is 5.82 Å². The van der Waals surface area contributed by atoms with Gasteiger partial charge in [0.2, 0.25) is 5.88 Å². The van der Waals surface area contributed by atoms with Crippen LogP contribution in [0, 0.1) is 5.82 Å². The Balaban J connectivity index is 0.00000338. The van der Waals surface area contributed by atoms with Crippen LogP contribution in [0.2, 0.25) is 0 Å². The van der Waals surface area contributed by atoms with Gasteiger partial charge in [0.15, 0.2) is 5.96 Å². The van der Waals surface area contributed by atoms with Crippen LogP contribution in [-0.4, -0.2) is 31.4 Å². The first-order valence-electron chi connectivity index (χ1n) is 7.87. The number of thioether (sulfide) groups is 1.